The number of carbonyl (C=O) groups is 1. The molecule has 0 unspecified atom stereocenters. The van der Waals surface area contributed by atoms with E-state index in [1.165, 1.54) is 16.7 Å². The number of halogens is 3. The predicted octanol–water partition coefficient (Wildman–Crippen LogP) is 4.61. The van der Waals surface area contributed by atoms with E-state index in [0.717, 1.165) is 12.8 Å². The van der Waals surface area contributed by atoms with Crippen molar-refractivity contribution in [2.24, 2.45) is 0 Å². The molecule has 196 valence electrons. The average Bonchev–Trinajstić information content (AvgIpc) is 3.54. The van der Waals surface area contributed by atoms with Crippen molar-refractivity contribution in [1.82, 2.24) is 14.4 Å². The van der Waals surface area contributed by atoms with Gasteiger partial charge in [0.15, 0.2) is 9.84 Å². The summed E-state index contributed by atoms with van der Waals surface area (Å²) in [5.41, 5.74) is 0.561. The first-order valence-corrected chi connectivity index (χ1v) is 14.1. The van der Waals surface area contributed by atoms with Gasteiger partial charge in [0.1, 0.15) is 5.69 Å². The van der Waals surface area contributed by atoms with Gasteiger partial charge in [0, 0.05) is 43.5 Å². The van der Waals surface area contributed by atoms with E-state index in [-0.39, 0.29) is 10.8 Å². The van der Waals surface area contributed by atoms with Gasteiger partial charge in [0.25, 0.3) is 5.91 Å². The molecule has 0 atom stereocenters. The third-order valence-electron chi connectivity index (χ3n) is 8.08. The van der Waals surface area contributed by atoms with Gasteiger partial charge in [-0.15, -0.1) is 0 Å². The monoisotopic (exact) mass is 523 g/mol. The number of aryl methyl sites for hydroxylation is 1. The SMILES string of the molecule is Cc1cc(C(=O)N2CCC3(CC2)c2ccc(C(F)(F)F)n2CCN3C2CC2)ccc1S(=O)(=O)C(C)C. The fourth-order valence-electron chi connectivity index (χ4n) is 6.01. The van der Waals surface area contributed by atoms with Crippen LogP contribution in [0.15, 0.2) is 35.2 Å². The Morgan fingerprint density at radius 1 is 1.03 bits per heavy atom. The van der Waals surface area contributed by atoms with Gasteiger partial charge < -0.3 is 9.47 Å². The Morgan fingerprint density at radius 3 is 2.25 bits per heavy atom. The lowest BCUT2D eigenvalue weighted by Crippen LogP contribution is -2.58. The van der Waals surface area contributed by atoms with Crippen LogP contribution >= 0.6 is 0 Å². The number of benzene rings is 1. The van der Waals surface area contributed by atoms with E-state index in [2.05, 4.69) is 4.90 Å². The van der Waals surface area contributed by atoms with Crippen LogP contribution in [0, 0.1) is 6.92 Å². The second kappa shape index (κ2) is 8.62. The lowest BCUT2D eigenvalue weighted by molar-refractivity contribution is -0.145. The summed E-state index contributed by atoms with van der Waals surface area (Å²) in [6.45, 7) is 6.71. The number of carbonyl (C=O) groups excluding carboxylic acids is 1. The highest BCUT2D eigenvalue weighted by atomic mass is 32.2. The Bertz CT molecular complexity index is 1290. The number of piperidine rings is 1. The fourth-order valence-corrected chi connectivity index (χ4v) is 7.28. The zero-order chi connectivity index (χ0) is 26.0. The molecule has 6 nitrogen and oxygen atoms in total. The molecule has 0 bridgehead atoms. The third kappa shape index (κ3) is 4.06. The minimum atomic E-state index is -4.40. The summed E-state index contributed by atoms with van der Waals surface area (Å²) < 4.78 is 67.5. The van der Waals surface area contributed by atoms with E-state index in [1.54, 1.807) is 43.9 Å². The number of amides is 1. The minimum absolute atomic E-state index is 0.179. The molecule has 10 heteroatoms. The van der Waals surface area contributed by atoms with Crippen molar-refractivity contribution >= 4 is 15.7 Å². The zero-order valence-corrected chi connectivity index (χ0v) is 21.6. The highest BCUT2D eigenvalue weighted by molar-refractivity contribution is 7.92. The molecule has 3 aliphatic rings. The van der Waals surface area contributed by atoms with Gasteiger partial charge in [-0.1, -0.05) is 0 Å². The molecule has 1 amide bonds. The van der Waals surface area contributed by atoms with Crippen molar-refractivity contribution in [2.75, 3.05) is 19.6 Å². The maximum Gasteiger partial charge on any atom is 0.431 e. The number of likely N-dealkylation sites (tertiary alicyclic amines) is 1. The van der Waals surface area contributed by atoms with Gasteiger partial charge in [0.05, 0.1) is 15.7 Å². The van der Waals surface area contributed by atoms with E-state index in [1.807, 2.05) is 0 Å². The molecular formula is C26H32F3N3O3S. The van der Waals surface area contributed by atoms with Gasteiger partial charge in [0.2, 0.25) is 0 Å². The Kier molecular flexibility index (Phi) is 6.06. The fraction of sp³-hybridized carbons (Fsp3) is 0.577. The van der Waals surface area contributed by atoms with E-state index in [4.69, 9.17) is 0 Å². The molecule has 1 saturated carbocycles. The largest absolute Gasteiger partial charge is 0.431 e. The topological polar surface area (TPSA) is 62.6 Å². The number of hydrogen-bond acceptors (Lipinski definition) is 4. The number of hydrogen-bond donors (Lipinski definition) is 0. The molecular weight excluding hydrogens is 491 g/mol. The predicted molar refractivity (Wildman–Crippen MR) is 129 cm³/mol. The van der Waals surface area contributed by atoms with E-state index in [0.29, 0.717) is 61.9 Å². The molecule has 36 heavy (non-hydrogen) atoms. The highest BCUT2D eigenvalue weighted by Crippen LogP contribution is 2.48. The van der Waals surface area contributed by atoms with Gasteiger partial charge in [-0.3, -0.25) is 9.69 Å². The van der Waals surface area contributed by atoms with E-state index in [9.17, 15) is 26.4 Å². The van der Waals surface area contributed by atoms with E-state index >= 15 is 0 Å². The smallest absolute Gasteiger partial charge is 0.338 e. The molecule has 2 aliphatic heterocycles. The van der Waals surface area contributed by atoms with Crippen molar-refractivity contribution in [3.8, 4) is 0 Å². The molecule has 0 N–H and O–H groups in total. The van der Waals surface area contributed by atoms with Crippen LogP contribution in [0.3, 0.4) is 0 Å². The summed E-state index contributed by atoms with van der Waals surface area (Å²) in [7, 11) is -3.45. The highest BCUT2D eigenvalue weighted by Gasteiger charge is 2.52. The summed E-state index contributed by atoms with van der Waals surface area (Å²) in [6.07, 6.45) is -1.15. The number of alkyl halides is 3. The molecule has 1 aromatic carbocycles. The Labute approximate surface area is 210 Å². The molecule has 1 aliphatic carbocycles. The summed E-state index contributed by atoms with van der Waals surface area (Å²) >= 11 is 0. The van der Waals surface area contributed by atoms with Gasteiger partial charge >= 0.3 is 6.18 Å². The summed E-state index contributed by atoms with van der Waals surface area (Å²) in [5, 5.41) is -0.558. The molecule has 0 radical (unpaired) electrons. The average molecular weight is 524 g/mol. The third-order valence-corrected chi connectivity index (χ3v) is 10.4. The first kappa shape index (κ1) is 25.3. The van der Waals surface area contributed by atoms with Gasteiger partial charge in [-0.25, -0.2) is 8.42 Å². The molecule has 2 fully saturated rings. The van der Waals surface area contributed by atoms with Crippen molar-refractivity contribution in [1.29, 1.82) is 0 Å². The molecule has 2 aromatic rings. The van der Waals surface area contributed by atoms with Crippen molar-refractivity contribution in [3.63, 3.8) is 0 Å². The standard InChI is InChI=1S/C26H32F3N3O3S/c1-17(2)36(34,35)21-7-4-19(16-18(21)3)24(33)30-12-10-25(11-13-30)22-8-9-23(26(27,28)29)31(22)14-15-32(25)20-5-6-20/h4,7-9,16-17,20H,5-6,10-15H2,1-3H3. The Hall–Kier alpha value is -2.33. The van der Waals surface area contributed by atoms with Gasteiger partial charge in [-0.2, -0.15) is 13.2 Å². The van der Waals surface area contributed by atoms with Crippen LogP contribution in [0.2, 0.25) is 0 Å². The molecule has 3 heterocycles. The Balaban J connectivity index is 1.39. The van der Waals surface area contributed by atoms with Crippen LogP contribution in [-0.2, 0) is 28.1 Å². The van der Waals surface area contributed by atoms with Crippen LogP contribution in [0.25, 0.3) is 0 Å². The van der Waals surface area contributed by atoms with Crippen LogP contribution in [0.5, 0.6) is 0 Å². The number of nitrogens with zero attached hydrogens (tertiary/aromatic N) is 3. The minimum Gasteiger partial charge on any atom is -0.338 e. The maximum absolute atomic E-state index is 13.6. The summed E-state index contributed by atoms with van der Waals surface area (Å²) in [6, 6.07) is 7.91. The van der Waals surface area contributed by atoms with Crippen LogP contribution in [0.1, 0.15) is 66.8 Å². The zero-order valence-electron chi connectivity index (χ0n) is 20.8. The van der Waals surface area contributed by atoms with Crippen LogP contribution in [-0.4, -0.2) is 59.6 Å². The second-order valence-electron chi connectivity index (χ2n) is 10.6. The number of rotatable bonds is 4. The van der Waals surface area contributed by atoms with Crippen LogP contribution in [0.4, 0.5) is 13.2 Å². The molecule has 1 saturated heterocycles. The summed E-state index contributed by atoms with van der Waals surface area (Å²) in [4.78, 5) is 17.7. The van der Waals surface area contributed by atoms with Crippen molar-refractivity contribution in [2.45, 2.75) is 80.9 Å². The van der Waals surface area contributed by atoms with E-state index < -0.39 is 32.5 Å². The van der Waals surface area contributed by atoms with Crippen LogP contribution < -0.4 is 0 Å². The molecule has 5 rings (SSSR count). The summed E-state index contributed by atoms with van der Waals surface area (Å²) in [5.74, 6) is -0.179. The number of fused-ring (bicyclic) bond motifs is 2. The number of aromatic nitrogens is 1. The van der Waals surface area contributed by atoms with Crippen molar-refractivity contribution < 1.29 is 26.4 Å². The lowest BCUT2D eigenvalue weighted by atomic mass is 9.80. The first-order valence-electron chi connectivity index (χ1n) is 12.5. The molecule has 1 aromatic heterocycles. The van der Waals surface area contributed by atoms with Crippen molar-refractivity contribution in [3.05, 3.63) is 52.8 Å². The lowest BCUT2D eigenvalue weighted by Gasteiger charge is -2.52. The quantitative estimate of drug-likeness (QED) is 0.588. The van der Waals surface area contributed by atoms with Gasteiger partial charge in [-0.05, 0) is 82.3 Å². The number of sulfone groups is 1. The molecule has 1 spiro atoms. The Morgan fingerprint density at radius 2 is 1.69 bits per heavy atom. The normalized spacial score (nSPS) is 20.7. The second-order valence-corrected chi connectivity index (χ2v) is 13.0. The maximum atomic E-state index is 13.6. The first-order chi connectivity index (χ1) is 16.9.